The van der Waals surface area contributed by atoms with Crippen LogP contribution in [0, 0.1) is 0 Å². The number of aromatic nitrogens is 2. The average Bonchev–Trinajstić information content (AvgIpc) is 2.72. The molecule has 0 bridgehead atoms. The van der Waals surface area contributed by atoms with Gasteiger partial charge in [-0.3, -0.25) is 4.68 Å². The molecule has 1 heterocycles. The highest BCUT2D eigenvalue weighted by molar-refractivity contribution is 6.31. The lowest BCUT2D eigenvalue weighted by atomic mass is 10.2. The maximum Gasteiger partial charge on any atom is 0.0597 e. The van der Waals surface area contributed by atoms with E-state index in [-0.39, 0.29) is 0 Å². The Balaban J connectivity index is 2.18. The van der Waals surface area contributed by atoms with Crippen molar-refractivity contribution in [1.29, 1.82) is 0 Å². The van der Waals surface area contributed by atoms with Crippen LogP contribution < -0.4 is 10.2 Å². The van der Waals surface area contributed by atoms with Crippen molar-refractivity contribution in [2.24, 2.45) is 7.05 Å². The van der Waals surface area contributed by atoms with Crippen LogP contribution in [0.1, 0.15) is 5.69 Å². The quantitative estimate of drug-likeness (QED) is 0.922. The van der Waals surface area contributed by atoms with Crippen molar-refractivity contribution in [2.45, 2.75) is 6.54 Å². The van der Waals surface area contributed by atoms with E-state index in [0.717, 1.165) is 28.6 Å². The van der Waals surface area contributed by atoms with Gasteiger partial charge in [0.2, 0.25) is 0 Å². The van der Waals surface area contributed by atoms with Crippen molar-refractivity contribution in [3.8, 4) is 0 Å². The summed E-state index contributed by atoms with van der Waals surface area (Å²) in [4.78, 5) is 2.06. The number of rotatable bonds is 4. The van der Waals surface area contributed by atoms with Crippen LogP contribution in [0.5, 0.6) is 0 Å². The Morgan fingerprint density at radius 2 is 2.11 bits per heavy atom. The molecule has 18 heavy (non-hydrogen) atoms. The maximum absolute atomic E-state index is 6.04. The first kappa shape index (κ1) is 12.8. The summed E-state index contributed by atoms with van der Waals surface area (Å²) in [6, 6.07) is 7.83. The van der Waals surface area contributed by atoms with Crippen LogP contribution in [0.3, 0.4) is 0 Å². The minimum absolute atomic E-state index is 0.720. The summed E-state index contributed by atoms with van der Waals surface area (Å²) in [7, 11) is 5.96. The molecule has 0 saturated heterocycles. The van der Waals surface area contributed by atoms with E-state index < -0.39 is 0 Å². The van der Waals surface area contributed by atoms with E-state index in [2.05, 4.69) is 15.3 Å². The third kappa shape index (κ3) is 2.76. The Labute approximate surface area is 112 Å². The van der Waals surface area contributed by atoms with Crippen LogP contribution in [-0.2, 0) is 13.6 Å². The Kier molecular flexibility index (Phi) is 3.77. The largest absolute Gasteiger partial charge is 0.378 e. The summed E-state index contributed by atoms with van der Waals surface area (Å²) >= 11 is 6.04. The fraction of sp³-hybridized carbons (Fsp3) is 0.308. The molecule has 0 saturated carbocycles. The summed E-state index contributed by atoms with van der Waals surface area (Å²) in [5.41, 5.74) is 3.26. The first-order valence-corrected chi connectivity index (χ1v) is 6.13. The number of hydrogen-bond acceptors (Lipinski definition) is 3. The molecule has 0 spiro atoms. The van der Waals surface area contributed by atoms with Crippen LogP contribution in [0.2, 0.25) is 5.02 Å². The molecule has 0 aliphatic rings. The molecule has 2 aromatic rings. The van der Waals surface area contributed by atoms with E-state index in [4.69, 9.17) is 11.6 Å². The number of nitrogens with one attached hydrogen (secondary N) is 1. The molecule has 0 amide bonds. The van der Waals surface area contributed by atoms with Gasteiger partial charge >= 0.3 is 0 Å². The van der Waals surface area contributed by atoms with Crippen LogP contribution in [0.4, 0.5) is 11.4 Å². The van der Waals surface area contributed by atoms with Gasteiger partial charge < -0.3 is 10.2 Å². The Hall–Kier alpha value is -1.68. The lowest BCUT2D eigenvalue weighted by Gasteiger charge is -2.18. The molecule has 96 valence electrons. The van der Waals surface area contributed by atoms with E-state index in [1.807, 2.05) is 50.1 Å². The van der Waals surface area contributed by atoms with Crippen molar-refractivity contribution in [2.75, 3.05) is 24.3 Å². The number of halogens is 1. The zero-order valence-corrected chi connectivity index (χ0v) is 11.6. The Bertz CT molecular complexity index is 534. The second-order valence-electron chi connectivity index (χ2n) is 4.36. The molecule has 4 nitrogen and oxygen atoms in total. The SMILES string of the molecule is CN(C)c1ccc(Cl)cc1NCc1ccnn1C. The highest BCUT2D eigenvalue weighted by Gasteiger charge is 2.06. The first-order chi connectivity index (χ1) is 8.58. The minimum Gasteiger partial charge on any atom is -0.378 e. The second kappa shape index (κ2) is 5.31. The molecule has 0 aliphatic carbocycles. The summed E-state index contributed by atoms with van der Waals surface area (Å²) in [5, 5.41) is 8.27. The molecule has 0 aliphatic heterocycles. The number of nitrogens with zero attached hydrogens (tertiary/aromatic N) is 3. The fourth-order valence-electron chi connectivity index (χ4n) is 1.80. The first-order valence-electron chi connectivity index (χ1n) is 5.75. The van der Waals surface area contributed by atoms with Crippen LogP contribution in [-0.4, -0.2) is 23.9 Å². The Morgan fingerprint density at radius 3 is 2.72 bits per heavy atom. The molecular formula is C13H17ClN4. The van der Waals surface area contributed by atoms with Crippen molar-refractivity contribution in [1.82, 2.24) is 9.78 Å². The van der Waals surface area contributed by atoms with Crippen LogP contribution >= 0.6 is 11.6 Å². The number of aryl methyl sites for hydroxylation is 1. The summed E-state index contributed by atoms with van der Waals surface area (Å²) in [6.07, 6.45) is 1.79. The molecule has 0 unspecified atom stereocenters. The summed E-state index contributed by atoms with van der Waals surface area (Å²) in [5.74, 6) is 0. The van der Waals surface area contributed by atoms with Crippen LogP contribution in [0.15, 0.2) is 30.5 Å². The maximum atomic E-state index is 6.04. The Morgan fingerprint density at radius 1 is 1.33 bits per heavy atom. The van der Waals surface area contributed by atoms with Crippen molar-refractivity contribution in [3.05, 3.63) is 41.2 Å². The lowest BCUT2D eigenvalue weighted by molar-refractivity contribution is 0.720. The standard InChI is InChI=1S/C13H17ClN4/c1-17(2)13-5-4-10(14)8-12(13)15-9-11-6-7-16-18(11)3/h4-8,15H,9H2,1-3H3. The van der Waals surface area contributed by atoms with Crippen molar-refractivity contribution >= 4 is 23.0 Å². The van der Waals surface area contributed by atoms with Gasteiger partial charge in [0.25, 0.3) is 0 Å². The van der Waals surface area contributed by atoms with E-state index in [9.17, 15) is 0 Å². The zero-order valence-electron chi connectivity index (χ0n) is 10.8. The van der Waals surface area contributed by atoms with Gasteiger partial charge in [-0.05, 0) is 24.3 Å². The molecule has 0 atom stereocenters. The normalized spacial score (nSPS) is 10.4. The predicted molar refractivity (Wildman–Crippen MR) is 76.3 cm³/mol. The topological polar surface area (TPSA) is 33.1 Å². The van der Waals surface area contributed by atoms with E-state index >= 15 is 0 Å². The highest BCUT2D eigenvalue weighted by Crippen LogP contribution is 2.28. The number of benzene rings is 1. The smallest absolute Gasteiger partial charge is 0.0597 e. The van der Waals surface area contributed by atoms with Gasteiger partial charge in [0.15, 0.2) is 0 Å². The predicted octanol–water partition coefficient (Wildman–Crippen LogP) is 2.75. The van der Waals surface area contributed by atoms with Gasteiger partial charge in [0, 0.05) is 32.4 Å². The number of anilines is 2. The zero-order chi connectivity index (χ0) is 13.1. The van der Waals surface area contributed by atoms with Gasteiger partial charge in [0.1, 0.15) is 0 Å². The molecule has 5 heteroatoms. The van der Waals surface area contributed by atoms with Gasteiger partial charge in [-0.1, -0.05) is 11.6 Å². The summed E-state index contributed by atoms with van der Waals surface area (Å²) < 4.78 is 1.85. The number of hydrogen-bond donors (Lipinski definition) is 1. The molecule has 0 fully saturated rings. The second-order valence-corrected chi connectivity index (χ2v) is 4.79. The lowest BCUT2D eigenvalue weighted by Crippen LogP contribution is -2.13. The van der Waals surface area contributed by atoms with Gasteiger partial charge in [-0.2, -0.15) is 5.10 Å². The van der Waals surface area contributed by atoms with Gasteiger partial charge in [-0.25, -0.2) is 0 Å². The third-order valence-corrected chi connectivity index (χ3v) is 3.06. The van der Waals surface area contributed by atoms with E-state index in [1.165, 1.54) is 0 Å². The van der Waals surface area contributed by atoms with Crippen molar-refractivity contribution < 1.29 is 0 Å². The molecule has 2 rings (SSSR count). The van der Waals surface area contributed by atoms with Gasteiger partial charge in [0.05, 0.1) is 23.6 Å². The van der Waals surface area contributed by atoms with E-state index in [0.29, 0.717) is 0 Å². The van der Waals surface area contributed by atoms with Crippen LogP contribution in [0.25, 0.3) is 0 Å². The average molecular weight is 265 g/mol. The molecule has 1 aromatic heterocycles. The van der Waals surface area contributed by atoms with Crippen molar-refractivity contribution in [3.63, 3.8) is 0 Å². The summed E-state index contributed by atoms with van der Waals surface area (Å²) in [6.45, 7) is 0.720. The monoisotopic (exact) mass is 264 g/mol. The van der Waals surface area contributed by atoms with E-state index in [1.54, 1.807) is 6.20 Å². The molecule has 0 radical (unpaired) electrons. The molecular weight excluding hydrogens is 248 g/mol. The molecule has 1 N–H and O–H groups in total. The fourth-order valence-corrected chi connectivity index (χ4v) is 1.97. The highest BCUT2D eigenvalue weighted by atomic mass is 35.5. The van der Waals surface area contributed by atoms with Gasteiger partial charge in [-0.15, -0.1) is 0 Å². The third-order valence-electron chi connectivity index (χ3n) is 2.82. The molecule has 1 aromatic carbocycles. The minimum atomic E-state index is 0.720.